The SMILES string of the molecule is CC(C)Cc1cccc(CN=C(N)NC#N)c1. The third-order valence-corrected chi connectivity index (χ3v) is 2.25. The van der Waals surface area contributed by atoms with Crippen LogP contribution in [0.15, 0.2) is 29.3 Å². The third kappa shape index (κ3) is 5.03. The van der Waals surface area contributed by atoms with E-state index in [9.17, 15) is 0 Å². The number of nitrogens with zero attached hydrogens (tertiary/aromatic N) is 2. The van der Waals surface area contributed by atoms with E-state index in [2.05, 4.69) is 36.3 Å². The van der Waals surface area contributed by atoms with E-state index < -0.39 is 0 Å². The molecule has 0 amide bonds. The molecule has 90 valence electrons. The molecule has 0 aliphatic carbocycles. The molecule has 0 aliphatic heterocycles. The van der Waals surface area contributed by atoms with Crippen molar-refractivity contribution in [3.63, 3.8) is 0 Å². The molecule has 0 spiro atoms. The average Bonchev–Trinajstić information content (AvgIpc) is 2.26. The highest BCUT2D eigenvalue weighted by molar-refractivity contribution is 5.79. The molecule has 0 aliphatic rings. The maximum atomic E-state index is 8.36. The van der Waals surface area contributed by atoms with E-state index in [1.165, 1.54) is 5.56 Å². The van der Waals surface area contributed by atoms with Crippen molar-refractivity contribution in [3.05, 3.63) is 35.4 Å². The summed E-state index contributed by atoms with van der Waals surface area (Å²) in [6.07, 6.45) is 2.79. The van der Waals surface area contributed by atoms with Crippen molar-refractivity contribution in [1.82, 2.24) is 5.32 Å². The van der Waals surface area contributed by atoms with E-state index >= 15 is 0 Å². The maximum absolute atomic E-state index is 8.36. The summed E-state index contributed by atoms with van der Waals surface area (Å²) in [6, 6.07) is 8.27. The molecule has 0 radical (unpaired) electrons. The van der Waals surface area contributed by atoms with Crippen LogP contribution in [-0.2, 0) is 13.0 Å². The molecule has 0 saturated heterocycles. The summed E-state index contributed by atoms with van der Waals surface area (Å²) >= 11 is 0. The average molecular weight is 230 g/mol. The fraction of sp³-hybridized carbons (Fsp3) is 0.385. The van der Waals surface area contributed by atoms with Crippen LogP contribution in [0.3, 0.4) is 0 Å². The second-order valence-electron chi connectivity index (χ2n) is 4.36. The first-order valence-electron chi connectivity index (χ1n) is 5.64. The number of guanidine groups is 1. The molecule has 1 aromatic rings. The van der Waals surface area contributed by atoms with Gasteiger partial charge in [-0.2, -0.15) is 5.26 Å². The summed E-state index contributed by atoms with van der Waals surface area (Å²) in [5.74, 6) is 0.792. The fourth-order valence-corrected chi connectivity index (χ4v) is 1.60. The molecule has 1 rings (SSSR count). The Labute approximate surface area is 102 Å². The molecular weight excluding hydrogens is 212 g/mol. The summed E-state index contributed by atoms with van der Waals surface area (Å²) in [6.45, 7) is 4.88. The largest absolute Gasteiger partial charge is 0.369 e. The van der Waals surface area contributed by atoms with E-state index in [0.717, 1.165) is 12.0 Å². The van der Waals surface area contributed by atoms with Crippen molar-refractivity contribution in [1.29, 1.82) is 5.26 Å². The Kier molecular flexibility index (Phi) is 5.02. The van der Waals surface area contributed by atoms with Crippen molar-refractivity contribution >= 4 is 5.96 Å². The Morgan fingerprint density at radius 1 is 1.47 bits per heavy atom. The van der Waals surface area contributed by atoms with Crippen LogP contribution in [0.1, 0.15) is 25.0 Å². The third-order valence-electron chi connectivity index (χ3n) is 2.25. The van der Waals surface area contributed by atoms with E-state index in [4.69, 9.17) is 11.0 Å². The lowest BCUT2D eigenvalue weighted by Gasteiger charge is -2.06. The lowest BCUT2D eigenvalue weighted by Crippen LogP contribution is -2.27. The van der Waals surface area contributed by atoms with Crippen LogP contribution in [0.5, 0.6) is 0 Å². The van der Waals surface area contributed by atoms with Gasteiger partial charge in [0.15, 0.2) is 6.19 Å². The smallest absolute Gasteiger partial charge is 0.202 e. The summed E-state index contributed by atoms with van der Waals surface area (Å²) in [7, 11) is 0. The lowest BCUT2D eigenvalue weighted by atomic mass is 10.0. The maximum Gasteiger partial charge on any atom is 0.202 e. The predicted molar refractivity (Wildman–Crippen MR) is 69.1 cm³/mol. The lowest BCUT2D eigenvalue weighted by molar-refractivity contribution is 0.646. The first-order valence-corrected chi connectivity index (χ1v) is 5.64. The summed E-state index contributed by atoms with van der Waals surface area (Å²) in [5, 5.41) is 10.7. The molecule has 0 heterocycles. The highest BCUT2D eigenvalue weighted by Gasteiger charge is 1.99. The van der Waals surface area contributed by atoms with Gasteiger partial charge in [-0.15, -0.1) is 0 Å². The molecule has 0 atom stereocenters. The molecule has 4 nitrogen and oxygen atoms in total. The predicted octanol–water partition coefficient (Wildman–Crippen LogP) is 1.77. The number of rotatable bonds is 4. The quantitative estimate of drug-likeness (QED) is 0.358. The Bertz CT molecular complexity index is 429. The number of hydrogen-bond acceptors (Lipinski definition) is 2. The van der Waals surface area contributed by atoms with Gasteiger partial charge in [0, 0.05) is 0 Å². The van der Waals surface area contributed by atoms with Crippen molar-refractivity contribution in [2.45, 2.75) is 26.8 Å². The molecule has 0 bridgehead atoms. The zero-order valence-electron chi connectivity index (χ0n) is 10.3. The number of nitrogens with two attached hydrogens (primary N) is 1. The van der Waals surface area contributed by atoms with Gasteiger partial charge in [-0.3, -0.25) is 5.32 Å². The Hall–Kier alpha value is -2.02. The van der Waals surface area contributed by atoms with E-state index in [1.54, 1.807) is 6.19 Å². The van der Waals surface area contributed by atoms with Gasteiger partial charge in [-0.05, 0) is 23.5 Å². The second-order valence-corrected chi connectivity index (χ2v) is 4.36. The van der Waals surface area contributed by atoms with Crippen LogP contribution >= 0.6 is 0 Å². The standard InChI is InChI=1S/C13H18N4/c1-10(2)6-11-4-3-5-12(7-11)8-16-13(15)17-9-14/h3-5,7,10H,6,8H2,1-2H3,(H3,15,16,17). The van der Waals surface area contributed by atoms with Crippen molar-refractivity contribution in [2.75, 3.05) is 0 Å². The fourth-order valence-electron chi connectivity index (χ4n) is 1.60. The number of hydrogen-bond donors (Lipinski definition) is 2. The highest BCUT2D eigenvalue weighted by atomic mass is 15.1. The minimum Gasteiger partial charge on any atom is -0.369 e. The Balaban J connectivity index is 2.66. The van der Waals surface area contributed by atoms with Crippen molar-refractivity contribution in [3.8, 4) is 6.19 Å². The molecule has 0 fully saturated rings. The number of benzene rings is 1. The first-order chi connectivity index (χ1) is 8.11. The minimum atomic E-state index is 0.154. The van der Waals surface area contributed by atoms with E-state index in [-0.39, 0.29) is 5.96 Å². The molecule has 4 heteroatoms. The molecular formula is C13H18N4. The van der Waals surface area contributed by atoms with Gasteiger partial charge in [0.25, 0.3) is 0 Å². The van der Waals surface area contributed by atoms with Gasteiger partial charge in [-0.25, -0.2) is 4.99 Å². The van der Waals surface area contributed by atoms with Crippen LogP contribution in [0.4, 0.5) is 0 Å². The molecule has 0 saturated carbocycles. The highest BCUT2D eigenvalue weighted by Crippen LogP contribution is 2.11. The van der Waals surface area contributed by atoms with Crippen LogP contribution in [0.2, 0.25) is 0 Å². The molecule has 1 aromatic carbocycles. The zero-order chi connectivity index (χ0) is 12.7. The summed E-state index contributed by atoms with van der Waals surface area (Å²) in [4.78, 5) is 4.07. The van der Waals surface area contributed by atoms with E-state index in [1.807, 2.05) is 12.1 Å². The number of nitriles is 1. The van der Waals surface area contributed by atoms with Gasteiger partial charge in [0.05, 0.1) is 6.54 Å². The topological polar surface area (TPSA) is 74.2 Å². The van der Waals surface area contributed by atoms with Crippen LogP contribution in [0, 0.1) is 17.4 Å². The Morgan fingerprint density at radius 2 is 2.18 bits per heavy atom. The van der Waals surface area contributed by atoms with Gasteiger partial charge in [0.2, 0.25) is 5.96 Å². The molecule has 0 unspecified atom stereocenters. The van der Waals surface area contributed by atoms with Gasteiger partial charge in [-0.1, -0.05) is 38.1 Å². The second kappa shape index (κ2) is 6.54. The van der Waals surface area contributed by atoms with Crippen LogP contribution < -0.4 is 11.1 Å². The molecule has 17 heavy (non-hydrogen) atoms. The van der Waals surface area contributed by atoms with Crippen molar-refractivity contribution < 1.29 is 0 Å². The molecule has 0 aromatic heterocycles. The van der Waals surface area contributed by atoms with E-state index in [0.29, 0.717) is 12.5 Å². The van der Waals surface area contributed by atoms with Crippen LogP contribution in [-0.4, -0.2) is 5.96 Å². The minimum absolute atomic E-state index is 0.154. The Morgan fingerprint density at radius 3 is 2.82 bits per heavy atom. The monoisotopic (exact) mass is 230 g/mol. The summed E-state index contributed by atoms with van der Waals surface area (Å²) in [5.41, 5.74) is 7.87. The van der Waals surface area contributed by atoms with Gasteiger partial charge in [0.1, 0.15) is 0 Å². The normalized spacial score (nSPS) is 11.3. The van der Waals surface area contributed by atoms with Crippen molar-refractivity contribution in [2.24, 2.45) is 16.6 Å². The number of aliphatic imine (C=N–C) groups is 1. The number of nitrogens with one attached hydrogen (secondary N) is 1. The van der Waals surface area contributed by atoms with Gasteiger partial charge >= 0.3 is 0 Å². The van der Waals surface area contributed by atoms with Crippen LogP contribution in [0.25, 0.3) is 0 Å². The first kappa shape index (κ1) is 13.0. The summed E-state index contributed by atoms with van der Waals surface area (Å²) < 4.78 is 0. The zero-order valence-corrected chi connectivity index (χ0v) is 10.3. The van der Waals surface area contributed by atoms with Gasteiger partial charge < -0.3 is 5.73 Å². The molecule has 3 N–H and O–H groups in total.